The van der Waals surface area contributed by atoms with E-state index in [-0.39, 0.29) is 10.2 Å². The number of nitrogens with two attached hydrogens (primary N) is 1. The summed E-state index contributed by atoms with van der Waals surface area (Å²) in [5, 5.41) is 6.62. The van der Waals surface area contributed by atoms with Gasteiger partial charge in [-0.15, -0.1) is 0 Å². The Kier molecular flexibility index (Phi) is 6.81. The third kappa shape index (κ3) is 5.39. The summed E-state index contributed by atoms with van der Waals surface area (Å²) in [5.74, 6) is -7.01. The Labute approximate surface area is 204 Å². The summed E-state index contributed by atoms with van der Waals surface area (Å²) in [6.07, 6.45) is -11.7. The molecule has 0 aliphatic rings. The number of amides is 1. The number of ether oxygens (including phenoxy) is 1. The van der Waals surface area contributed by atoms with Crippen molar-refractivity contribution in [3.8, 4) is 16.9 Å². The van der Waals surface area contributed by atoms with E-state index in [1.54, 1.807) is 45.0 Å². The van der Waals surface area contributed by atoms with Gasteiger partial charge in [-0.2, -0.15) is 45.3 Å². The predicted molar refractivity (Wildman–Crippen MR) is 114 cm³/mol. The van der Waals surface area contributed by atoms with E-state index < -0.39 is 53.0 Å². The Hall–Kier alpha value is -3.65. The van der Waals surface area contributed by atoms with Crippen LogP contribution in [-0.4, -0.2) is 31.8 Å². The van der Waals surface area contributed by atoms with Crippen LogP contribution in [0.15, 0.2) is 36.7 Å². The Balaban J connectivity index is 2.14. The van der Waals surface area contributed by atoms with Gasteiger partial charge in [-0.25, -0.2) is 14.2 Å². The highest BCUT2D eigenvalue weighted by Crippen LogP contribution is 2.49. The second-order valence-corrected chi connectivity index (χ2v) is 9.22. The first-order valence-corrected chi connectivity index (χ1v) is 10.5. The zero-order valence-electron chi connectivity index (χ0n) is 19.7. The fourth-order valence-electron chi connectivity index (χ4n) is 3.72. The van der Waals surface area contributed by atoms with Gasteiger partial charge in [0.15, 0.2) is 11.5 Å². The molecule has 2 aromatic heterocycles. The van der Waals surface area contributed by atoms with Crippen LogP contribution < -0.4 is 5.73 Å². The molecule has 1 aromatic carbocycles. The van der Waals surface area contributed by atoms with Crippen molar-refractivity contribution in [1.82, 2.24) is 19.6 Å². The van der Waals surface area contributed by atoms with Crippen molar-refractivity contribution in [2.75, 3.05) is 0 Å². The van der Waals surface area contributed by atoms with Gasteiger partial charge >= 0.3 is 24.4 Å². The molecule has 1 unspecified atom stereocenters. The average molecular weight is 539 g/mol. The molecule has 0 fully saturated rings. The largest absolute Gasteiger partial charge is 0.459 e. The average Bonchev–Trinajstić information content (AvgIpc) is 3.34. The lowest BCUT2D eigenvalue weighted by molar-refractivity contribution is -0.292. The summed E-state index contributed by atoms with van der Waals surface area (Å²) >= 11 is 0. The Morgan fingerprint density at radius 3 is 2.16 bits per heavy atom. The molecule has 0 radical (unpaired) electrons. The molecule has 0 aliphatic carbocycles. The van der Waals surface area contributed by atoms with Gasteiger partial charge in [-0.3, -0.25) is 0 Å². The van der Waals surface area contributed by atoms with Gasteiger partial charge in [0.1, 0.15) is 11.7 Å². The van der Waals surface area contributed by atoms with Crippen molar-refractivity contribution in [2.24, 2.45) is 18.2 Å². The Morgan fingerprint density at radius 2 is 1.65 bits per heavy atom. The van der Waals surface area contributed by atoms with Crippen LogP contribution in [0.2, 0.25) is 0 Å². The van der Waals surface area contributed by atoms with Crippen LogP contribution in [0.1, 0.15) is 43.7 Å². The second kappa shape index (κ2) is 9.03. The van der Waals surface area contributed by atoms with Gasteiger partial charge in [0.25, 0.3) is 0 Å². The highest BCUT2D eigenvalue weighted by molar-refractivity contribution is 5.66. The molecule has 0 saturated carbocycles. The molecule has 0 aliphatic heterocycles. The maximum absolute atomic E-state index is 14.0. The molecule has 2 heterocycles. The number of primary amides is 1. The topological polar surface area (TPSA) is 88.0 Å². The van der Waals surface area contributed by atoms with E-state index in [2.05, 4.69) is 10.2 Å². The summed E-state index contributed by atoms with van der Waals surface area (Å²) in [6.45, 7) is 5.34. The number of halogens is 8. The quantitative estimate of drug-likeness (QED) is 0.396. The molecule has 0 saturated heterocycles. The van der Waals surface area contributed by atoms with Gasteiger partial charge in [-0.1, -0.05) is 39.0 Å². The molecule has 3 aromatic rings. The molecule has 202 valence electrons. The standard InChI is InChI=1S/C22H21F8N5O2/c1-19(2,3)16(37-18(31)36)12-7-5-6-11(8-12)13-9-32-35(10-13)17-14(21(25,26)27)15(33-34(17)4)20(23,24)22(28,29)30/h5-10,16H,1-4H3,(H2,31,36). The molecule has 15 heteroatoms. The monoisotopic (exact) mass is 539 g/mol. The normalized spacial score (nSPS) is 14.1. The van der Waals surface area contributed by atoms with E-state index in [1.165, 1.54) is 0 Å². The second-order valence-electron chi connectivity index (χ2n) is 9.22. The molecule has 7 nitrogen and oxygen atoms in total. The van der Waals surface area contributed by atoms with Gasteiger partial charge in [0.05, 0.1) is 6.20 Å². The molecule has 1 amide bonds. The minimum absolute atomic E-state index is 0.187. The fourth-order valence-corrected chi connectivity index (χ4v) is 3.72. The summed E-state index contributed by atoms with van der Waals surface area (Å²) < 4.78 is 114. The number of alkyl halides is 8. The lowest BCUT2D eigenvalue weighted by Gasteiger charge is -2.30. The van der Waals surface area contributed by atoms with Crippen LogP contribution in [0.25, 0.3) is 16.9 Å². The minimum Gasteiger partial charge on any atom is -0.441 e. The fraction of sp³-hybridized carbons (Fsp3) is 0.409. The maximum Gasteiger partial charge on any atom is 0.459 e. The number of aromatic nitrogens is 4. The van der Waals surface area contributed by atoms with Crippen LogP contribution >= 0.6 is 0 Å². The van der Waals surface area contributed by atoms with E-state index in [9.17, 15) is 39.9 Å². The van der Waals surface area contributed by atoms with E-state index >= 15 is 0 Å². The highest BCUT2D eigenvalue weighted by Gasteiger charge is 2.64. The number of rotatable bonds is 5. The SMILES string of the molecule is Cn1nc(C(F)(F)C(F)(F)F)c(C(F)(F)F)c1-n1cc(-c2cccc(C(OC(N)=O)C(C)(C)C)c2)cn1. The third-order valence-electron chi connectivity index (χ3n) is 5.30. The third-order valence-corrected chi connectivity index (χ3v) is 5.30. The molecule has 2 N–H and O–H groups in total. The smallest absolute Gasteiger partial charge is 0.441 e. The van der Waals surface area contributed by atoms with Crippen LogP contribution in [0.5, 0.6) is 0 Å². The number of benzene rings is 1. The van der Waals surface area contributed by atoms with E-state index in [0.717, 1.165) is 19.4 Å². The molecule has 37 heavy (non-hydrogen) atoms. The highest BCUT2D eigenvalue weighted by atomic mass is 19.4. The lowest BCUT2D eigenvalue weighted by Crippen LogP contribution is -2.36. The first-order valence-electron chi connectivity index (χ1n) is 10.5. The van der Waals surface area contributed by atoms with Crippen LogP contribution in [-0.2, 0) is 23.9 Å². The number of carbonyl (C=O) groups excluding carboxylic acids is 1. The summed E-state index contributed by atoms with van der Waals surface area (Å²) in [7, 11) is 0.789. The van der Waals surface area contributed by atoms with Crippen molar-refractivity contribution in [3.63, 3.8) is 0 Å². The van der Waals surface area contributed by atoms with Crippen molar-refractivity contribution < 1.29 is 44.7 Å². The van der Waals surface area contributed by atoms with Gasteiger partial charge < -0.3 is 10.5 Å². The molecule has 1 atom stereocenters. The Bertz CT molecular complexity index is 1300. The number of hydrogen-bond donors (Lipinski definition) is 1. The summed E-state index contributed by atoms with van der Waals surface area (Å²) in [4.78, 5) is 11.4. The number of aryl methyl sites for hydroxylation is 1. The number of carbonyl (C=O) groups is 1. The van der Waals surface area contributed by atoms with Crippen LogP contribution in [0, 0.1) is 5.41 Å². The lowest BCUT2D eigenvalue weighted by atomic mass is 9.84. The minimum atomic E-state index is -6.31. The number of hydrogen-bond acceptors (Lipinski definition) is 4. The first-order chi connectivity index (χ1) is 16.7. The van der Waals surface area contributed by atoms with Gasteiger partial charge in [0, 0.05) is 24.2 Å². The van der Waals surface area contributed by atoms with E-state index in [1.807, 2.05) is 0 Å². The molecular weight excluding hydrogens is 518 g/mol. The van der Waals surface area contributed by atoms with Crippen LogP contribution in [0.4, 0.5) is 39.9 Å². The molecule has 3 rings (SSSR count). The van der Waals surface area contributed by atoms with E-state index in [0.29, 0.717) is 15.8 Å². The molecule has 0 spiro atoms. The summed E-state index contributed by atoms with van der Waals surface area (Å²) in [6, 6.07) is 6.29. The van der Waals surface area contributed by atoms with Crippen LogP contribution in [0.3, 0.4) is 0 Å². The van der Waals surface area contributed by atoms with Crippen molar-refractivity contribution in [1.29, 1.82) is 0 Å². The predicted octanol–water partition coefficient (Wildman–Crippen LogP) is 6.13. The molecule has 0 bridgehead atoms. The summed E-state index contributed by atoms with van der Waals surface area (Å²) in [5.41, 5.74) is 0.856. The maximum atomic E-state index is 14.0. The van der Waals surface area contributed by atoms with Crippen molar-refractivity contribution >= 4 is 6.09 Å². The Morgan fingerprint density at radius 1 is 1.03 bits per heavy atom. The zero-order valence-corrected chi connectivity index (χ0v) is 19.7. The van der Waals surface area contributed by atoms with Crippen molar-refractivity contribution in [2.45, 2.75) is 45.2 Å². The first kappa shape index (κ1) is 27.9. The van der Waals surface area contributed by atoms with E-state index in [4.69, 9.17) is 10.5 Å². The molecular formula is C22H21F8N5O2. The zero-order chi connectivity index (χ0) is 28.1. The van der Waals surface area contributed by atoms with Gasteiger partial charge in [-0.05, 0) is 17.2 Å². The van der Waals surface area contributed by atoms with Crippen molar-refractivity contribution in [3.05, 3.63) is 53.5 Å². The van der Waals surface area contributed by atoms with Gasteiger partial charge in [0.2, 0.25) is 0 Å². The number of nitrogens with zero attached hydrogens (tertiary/aromatic N) is 4.